The van der Waals surface area contributed by atoms with E-state index in [1.807, 2.05) is 18.2 Å². The fraction of sp³-hybridized carbons (Fsp3) is 0.500. The first-order chi connectivity index (χ1) is 8.20. The maximum Gasteiger partial charge on any atom is 0.167 e. The normalized spacial score (nSPS) is 30.9. The van der Waals surface area contributed by atoms with Crippen molar-refractivity contribution in [2.45, 2.75) is 25.3 Å². The van der Waals surface area contributed by atoms with Gasteiger partial charge in [0, 0.05) is 17.5 Å². The van der Waals surface area contributed by atoms with Crippen LogP contribution in [0, 0.1) is 11.8 Å². The summed E-state index contributed by atoms with van der Waals surface area (Å²) in [6.07, 6.45) is 2.94. The van der Waals surface area contributed by atoms with Gasteiger partial charge in [-0.3, -0.25) is 4.79 Å². The van der Waals surface area contributed by atoms with Crippen LogP contribution in [0.2, 0.25) is 0 Å². The van der Waals surface area contributed by atoms with Gasteiger partial charge >= 0.3 is 0 Å². The van der Waals surface area contributed by atoms with E-state index < -0.39 is 0 Å². The van der Waals surface area contributed by atoms with E-state index in [9.17, 15) is 4.79 Å². The van der Waals surface area contributed by atoms with Crippen LogP contribution in [0.4, 0.5) is 0 Å². The summed E-state index contributed by atoms with van der Waals surface area (Å²) in [5, 5.41) is 0. The fourth-order valence-electron chi connectivity index (χ4n) is 3.24. The predicted molar refractivity (Wildman–Crippen MR) is 65.2 cm³/mol. The maximum absolute atomic E-state index is 12.4. The second-order valence-corrected chi connectivity index (χ2v) is 5.11. The number of hydrogen-bond donors (Lipinski definition) is 1. The van der Waals surface area contributed by atoms with Crippen LogP contribution in [-0.2, 0) is 6.42 Å². The Labute approximate surface area is 101 Å². The van der Waals surface area contributed by atoms with E-state index in [1.54, 1.807) is 7.11 Å². The summed E-state index contributed by atoms with van der Waals surface area (Å²) in [5.74, 6) is 1.55. The van der Waals surface area contributed by atoms with Crippen molar-refractivity contribution in [3.63, 3.8) is 0 Å². The largest absolute Gasteiger partial charge is 0.497 e. The zero-order chi connectivity index (χ0) is 12.0. The van der Waals surface area contributed by atoms with Crippen LogP contribution in [0.1, 0.15) is 28.8 Å². The first-order valence-electron chi connectivity index (χ1n) is 6.17. The lowest BCUT2D eigenvalue weighted by Crippen LogP contribution is -2.34. The number of benzene rings is 1. The molecular weight excluding hydrogens is 214 g/mol. The molecule has 0 heterocycles. The Hall–Kier alpha value is -1.35. The van der Waals surface area contributed by atoms with Crippen LogP contribution >= 0.6 is 0 Å². The van der Waals surface area contributed by atoms with Crippen LogP contribution in [0.15, 0.2) is 18.2 Å². The van der Waals surface area contributed by atoms with E-state index in [2.05, 4.69) is 0 Å². The Balaban J connectivity index is 2.08. The first kappa shape index (κ1) is 10.8. The van der Waals surface area contributed by atoms with Crippen LogP contribution in [0.5, 0.6) is 5.75 Å². The summed E-state index contributed by atoms with van der Waals surface area (Å²) in [6.45, 7) is 0. The van der Waals surface area contributed by atoms with Gasteiger partial charge in [0.05, 0.1) is 7.11 Å². The molecule has 0 radical (unpaired) electrons. The predicted octanol–water partition coefficient (Wildman–Crippen LogP) is 1.79. The van der Waals surface area contributed by atoms with E-state index >= 15 is 0 Å². The molecule has 2 aliphatic carbocycles. The summed E-state index contributed by atoms with van der Waals surface area (Å²) in [5.41, 5.74) is 8.14. The monoisotopic (exact) mass is 231 g/mol. The molecule has 3 nitrogen and oxygen atoms in total. The van der Waals surface area contributed by atoms with Crippen molar-refractivity contribution in [3.8, 4) is 5.75 Å². The molecular formula is C14H17NO2. The highest BCUT2D eigenvalue weighted by molar-refractivity contribution is 6.00. The lowest BCUT2D eigenvalue weighted by molar-refractivity contribution is 0.0913. The molecule has 3 rings (SSSR count). The Morgan fingerprint density at radius 2 is 2.18 bits per heavy atom. The van der Waals surface area contributed by atoms with Crippen molar-refractivity contribution in [2.24, 2.45) is 17.6 Å². The molecule has 1 saturated carbocycles. The Bertz CT molecular complexity index is 469. The smallest absolute Gasteiger partial charge is 0.167 e. The molecule has 90 valence electrons. The quantitative estimate of drug-likeness (QED) is 0.801. The first-order valence-corrected chi connectivity index (χ1v) is 6.17. The van der Waals surface area contributed by atoms with Gasteiger partial charge in [0.2, 0.25) is 0 Å². The minimum atomic E-state index is 0.0367. The molecule has 0 amide bonds. The van der Waals surface area contributed by atoms with Crippen molar-refractivity contribution in [1.82, 2.24) is 0 Å². The molecule has 1 fully saturated rings. The number of rotatable bonds is 1. The highest BCUT2D eigenvalue weighted by atomic mass is 16.5. The number of carbonyl (C=O) groups excluding carboxylic acids is 1. The molecule has 0 saturated heterocycles. The van der Waals surface area contributed by atoms with Gasteiger partial charge in [-0.1, -0.05) is 0 Å². The molecule has 0 aromatic heterocycles. The topological polar surface area (TPSA) is 52.3 Å². The van der Waals surface area contributed by atoms with Crippen molar-refractivity contribution < 1.29 is 9.53 Å². The van der Waals surface area contributed by atoms with Gasteiger partial charge in [-0.25, -0.2) is 0 Å². The number of fused-ring (bicyclic) bond motifs is 3. The lowest BCUT2D eigenvalue weighted by Gasteiger charge is -2.14. The van der Waals surface area contributed by atoms with E-state index in [0.29, 0.717) is 5.92 Å². The van der Waals surface area contributed by atoms with Gasteiger partial charge < -0.3 is 10.5 Å². The van der Waals surface area contributed by atoms with Crippen molar-refractivity contribution in [1.29, 1.82) is 0 Å². The Morgan fingerprint density at radius 3 is 2.94 bits per heavy atom. The molecule has 2 N–H and O–H groups in total. The Morgan fingerprint density at radius 1 is 1.35 bits per heavy atom. The standard InChI is InChI=1S/C14H17NO2/c1-17-10-3-5-11-9(7-10)6-8-2-4-12(13(8)15)14(11)16/h3,5,7-8,12-13H,2,4,6,15H2,1H3. The average Bonchev–Trinajstić information content (AvgIpc) is 2.65. The summed E-state index contributed by atoms with van der Waals surface area (Å²) in [4.78, 5) is 12.4. The minimum Gasteiger partial charge on any atom is -0.497 e. The lowest BCUT2D eigenvalue weighted by atomic mass is 9.92. The van der Waals surface area contributed by atoms with Crippen molar-refractivity contribution >= 4 is 5.78 Å². The third-order valence-electron chi connectivity index (χ3n) is 4.25. The maximum atomic E-state index is 12.4. The molecule has 1 aromatic rings. The molecule has 3 atom stereocenters. The number of ketones is 1. The molecule has 3 heteroatoms. The van der Waals surface area contributed by atoms with E-state index in [1.165, 1.54) is 0 Å². The number of Topliss-reactive ketones (excluding diaryl/α,β-unsaturated/α-hetero) is 1. The third kappa shape index (κ3) is 1.57. The van der Waals surface area contributed by atoms with Gasteiger partial charge in [0.25, 0.3) is 0 Å². The molecule has 2 bridgehead atoms. The second kappa shape index (κ2) is 3.84. The zero-order valence-corrected chi connectivity index (χ0v) is 9.98. The fourth-order valence-corrected chi connectivity index (χ4v) is 3.24. The van der Waals surface area contributed by atoms with Crippen molar-refractivity contribution in [3.05, 3.63) is 29.3 Å². The van der Waals surface area contributed by atoms with E-state index in [-0.39, 0.29) is 17.7 Å². The second-order valence-electron chi connectivity index (χ2n) is 5.11. The zero-order valence-electron chi connectivity index (χ0n) is 9.98. The van der Waals surface area contributed by atoms with Gasteiger partial charge in [-0.15, -0.1) is 0 Å². The minimum absolute atomic E-state index is 0.0367. The van der Waals surface area contributed by atoms with Gasteiger partial charge in [0.15, 0.2) is 5.78 Å². The Kier molecular flexibility index (Phi) is 2.44. The van der Waals surface area contributed by atoms with E-state index in [4.69, 9.17) is 10.5 Å². The van der Waals surface area contributed by atoms with Gasteiger partial charge in [-0.2, -0.15) is 0 Å². The molecule has 0 aliphatic heterocycles. The molecule has 1 aromatic carbocycles. The molecule has 0 spiro atoms. The van der Waals surface area contributed by atoms with E-state index in [0.717, 1.165) is 36.1 Å². The number of hydrogen-bond acceptors (Lipinski definition) is 3. The van der Waals surface area contributed by atoms with Gasteiger partial charge in [0.1, 0.15) is 5.75 Å². The SMILES string of the molecule is COc1ccc2c(c1)CC1CCC(C2=O)C1N. The van der Waals surface area contributed by atoms with Crippen molar-refractivity contribution in [2.75, 3.05) is 7.11 Å². The summed E-state index contributed by atoms with van der Waals surface area (Å²) in [7, 11) is 1.65. The number of carbonyl (C=O) groups is 1. The van der Waals surface area contributed by atoms with Crippen LogP contribution in [0.25, 0.3) is 0 Å². The number of methoxy groups -OCH3 is 1. The summed E-state index contributed by atoms with van der Waals surface area (Å²) < 4.78 is 5.22. The average molecular weight is 231 g/mol. The van der Waals surface area contributed by atoms with Crippen LogP contribution in [0.3, 0.4) is 0 Å². The van der Waals surface area contributed by atoms with Gasteiger partial charge in [-0.05, 0) is 48.9 Å². The molecule has 2 aliphatic rings. The summed E-state index contributed by atoms with van der Waals surface area (Å²) in [6, 6.07) is 5.78. The van der Waals surface area contributed by atoms with Crippen LogP contribution in [-0.4, -0.2) is 18.9 Å². The molecule has 3 unspecified atom stereocenters. The number of ether oxygens (including phenoxy) is 1. The molecule has 17 heavy (non-hydrogen) atoms. The third-order valence-corrected chi connectivity index (χ3v) is 4.25. The summed E-state index contributed by atoms with van der Waals surface area (Å²) >= 11 is 0. The highest BCUT2D eigenvalue weighted by Crippen LogP contribution is 2.39. The van der Waals surface area contributed by atoms with Crippen LogP contribution < -0.4 is 10.5 Å². The number of nitrogens with two attached hydrogens (primary N) is 1. The highest BCUT2D eigenvalue weighted by Gasteiger charge is 2.41.